The third-order valence-electron chi connectivity index (χ3n) is 5.49. The lowest BCUT2D eigenvalue weighted by atomic mass is 10.0. The number of amides is 3. The van der Waals surface area contributed by atoms with Gasteiger partial charge in [0.1, 0.15) is 0 Å². The molecule has 150 valence electrons. The van der Waals surface area contributed by atoms with Crippen molar-refractivity contribution in [1.82, 2.24) is 0 Å². The molecular weight excluding hydrogens is 366 g/mol. The Balaban J connectivity index is 1.47. The SMILES string of the molecule is Cc1ccc(NC(=O)C(=O)Nc2ccc3c(c2)N(C(=O)C2CC2)CCC3)c(C)c1. The molecule has 1 aliphatic heterocycles. The molecule has 1 heterocycles. The van der Waals surface area contributed by atoms with Crippen LogP contribution in [0.1, 0.15) is 36.0 Å². The summed E-state index contributed by atoms with van der Waals surface area (Å²) in [5.41, 5.74) is 5.06. The molecule has 2 aliphatic rings. The highest BCUT2D eigenvalue weighted by molar-refractivity contribution is 6.43. The molecule has 3 amide bonds. The van der Waals surface area contributed by atoms with Crippen LogP contribution in [0.2, 0.25) is 0 Å². The molecule has 6 heteroatoms. The van der Waals surface area contributed by atoms with Crippen molar-refractivity contribution in [3.63, 3.8) is 0 Å². The highest BCUT2D eigenvalue weighted by Crippen LogP contribution is 2.36. The Morgan fingerprint density at radius 1 is 0.966 bits per heavy atom. The van der Waals surface area contributed by atoms with Gasteiger partial charge in [-0.3, -0.25) is 14.4 Å². The first-order chi connectivity index (χ1) is 13.9. The summed E-state index contributed by atoms with van der Waals surface area (Å²) in [6.07, 6.45) is 3.76. The van der Waals surface area contributed by atoms with E-state index < -0.39 is 11.8 Å². The zero-order valence-electron chi connectivity index (χ0n) is 16.7. The minimum Gasteiger partial charge on any atom is -0.318 e. The van der Waals surface area contributed by atoms with Crippen molar-refractivity contribution in [2.75, 3.05) is 22.1 Å². The molecule has 29 heavy (non-hydrogen) atoms. The van der Waals surface area contributed by atoms with E-state index in [-0.39, 0.29) is 11.8 Å². The lowest BCUT2D eigenvalue weighted by molar-refractivity contribution is -0.133. The highest BCUT2D eigenvalue weighted by Gasteiger charge is 2.35. The molecule has 0 atom stereocenters. The van der Waals surface area contributed by atoms with E-state index in [1.807, 2.05) is 36.9 Å². The van der Waals surface area contributed by atoms with E-state index in [0.29, 0.717) is 17.9 Å². The van der Waals surface area contributed by atoms with E-state index in [4.69, 9.17) is 0 Å². The van der Waals surface area contributed by atoms with Gasteiger partial charge in [-0.2, -0.15) is 0 Å². The topological polar surface area (TPSA) is 78.5 Å². The molecule has 4 rings (SSSR count). The number of anilines is 3. The summed E-state index contributed by atoms with van der Waals surface area (Å²) in [6, 6.07) is 11.1. The zero-order valence-corrected chi connectivity index (χ0v) is 16.7. The molecule has 1 fully saturated rings. The van der Waals surface area contributed by atoms with Crippen LogP contribution in [-0.4, -0.2) is 24.3 Å². The Kier molecular flexibility index (Phi) is 5.09. The van der Waals surface area contributed by atoms with Crippen LogP contribution < -0.4 is 15.5 Å². The molecule has 0 spiro atoms. The molecule has 0 bridgehead atoms. The average Bonchev–Trinajstić information content (AvgIpc) is 3.54. The van der Waals surface area contributed by atoms with Crippen LogP contribution in [0.3, 0.4) is 0 Å². The summed E-state index contributed by atoms with van der Waals surface area (Å²) < 4.78 is 0. The number of nitrogens with zero attached hydrogens (tertiary/aromatic N) is 1. The smallest absolute Gasteiger partial charge is 0.314 e. The van der Waals surface area contributed by atoms with Crippen LogP contribution in [0.25, 0.3) is 0 Å². The molecule has 2 aromatic rings. The number of hydrogen-bond acceptors (Lipinski definition) is 3. The average molecular weight is 391 g/mol. The molecule has 0 radical (unpaired) electrons. The second kappa shape index (κ2) is 7.70. The van der Waals surface area contributed by atoms with Crippen molar-refractivity contribution in [3.05, 3.63) is 53.1 Å². The predicted octanol–water partition coefficient (Wildman–Crippen LogP) is 3.57. The van der Waals surface area contributed by atoms with Crippen molar-refractivity contribution in [3.8, 4) is 0 Å². The molecule has 1 aliphatic carbocycles. The van der Waals surface area contributed by atoms with E-state index in [0.717, 1.165) is 48.1 Å². The fraction of sp³-hybridized carbons (Fsp3) is 0.348. The van der Waals surface area contributed by atoms with Crippen molar-refractivity contribution < 1.29 is 14.4 Å². The fourth-order valence-electron chi connectivity index (χ4n) is 3.75. The minimum absolute atomic E-state index is 0.141. The van der Waals surface area contributed by atoms with Gasteiger partial charge in [-0.25, -0.2) is 0 Å². The van der Waals surface area contributed by atoms with E-state index in [1.165, 1.54) is 0 Å². The van der Waals surface area contributed by atoms with E-state index in [1.54, 1.807) is 18.2 Å². The van der Waals surface area contributed by atoms with Crippen molar-refractivity contribution >= 4 is 34.8 Å². The summed E-state index contributed by atoms with van der Waals surface area (Å²) in [4.78, 5) is 39.2. The Hall–Kier alpha value is -3.15. The monoisotopic (exact) mass is 391 g/mol. The fourth-order valence-corrected chi connectivity index (χ4v) is 3.75. The lowest BCUT2D eigenvalue weighted by Crippen LogP contribution is -2.36. The predicted molar refractivity (Wildman–Crippen MR) is 113 cm³/mol. The van der Waals surface area contributed by atoms with E-state index >= 15 is 0 Å². The van der Waals surface area contributed by atoms with Gasteiger partial charge in [0.15, 0.2) is 0 Å². The first-order valence-corrected chi connectivity index (χ1v) is 10.1. The van der Waals surface area contributed by atoms with Gasteiger partial charge >= 0.3 is 11.8 Å². The molecule has 0 aromatic heterocycles. The zero-order chi connectivity index (χ0) is 20.5. The first-order valence-electron chi connectivity index (χ1n) is 10.1. The Labute approximate surface area is 170 Å². The Morgan fingerprint density at radius 3 is 2.45 bits per heavy atom. The summed E-state index contributed by atoms with van der Waals surface area (Å²) in [5.74, 6) is -1.15. The van der Waals surface area contributed by atoms with Crippen LogP contribution in [0.15, 0.2) is 36.4 Å². The quantitative estimate of drug-likeness (QED) is 0.785. The molecule has 0 saturated heterocycles. The van der Waals surface area contributed by atoms with Crippen LogP contribution in [0, 0.1) is 19.8 Å². The van der Waals surface area contributed by atoms with Crippen LogP contribution in [0.5, 0.6) is 0 Å². The summed E-state index contributed by atoms with van der Waals surface area (Å²) >= 11 is 0. The van der Waals surface area contributed by atoms with Crippen LogP contribution in [0.4, 0.5) is 17.1 Å². The standard InChI is InChI=1S/C23H25N3O3/c1-14-5-10-19(15(2)12-14)25-22(28)21(27)24-18-9-8-16-4-3-11-26(20(16)13-18)23(29)17-6-7-17/h5,8-10,12-13,17H,3-4,6-7,11H2,1-2H3,(H,24,27)(H,25,28). The number of carbonyl (C=O) groups is 3. The van der Waals surface area contributed by atoms with Crippen LogP contribution in [-0.2, 0) is 20.8 Å². The van der Waals surface area contributed by atoms with Crippen molar-refractivity contribution in [1.29, 1.82) is 0 Å². The van der Waals surface area contributed by atoms with Gasteiger partial charge in [0.25, 0.3) is 0 Å². The summed E-state index contributed by atoms with van der Waals surface area (Å²) in [6.45, 7) is 4.56. The maximum atomic E-state index is 12.6. The molecule has 6 nitrogen and oxygen atoms in total. The van der Waals surface area contributed by atoms with Crippen molar-refractivity contribution in [2.45, 2.75) is 39.5 Å². The number of fused-ring (bicyclic) bond motifs is 1. The number of benzene rings is 2. The van der Waals surface area contributed by atoms with Gasteiger partial charge in [-0.05, 0) is 68.9 Å². The normalized spacial score (nSPS) is 15.4. The van der Waals surface area contributed by atoms with E-state index in [2.05, 4.69) is 10.6 Å². The minimum atomic E-state index is -0.735. The molecular formula is C23H25N3O3. The first kappa shape index (κ1) is 19.2. The molecule has 1 saturated carbocycles. The molecule has 2 aromatic carbocycles. The number of hydrogen-bond donors (Lipinski definition) is 2. The largest absolute Gasteiger partial charge is 0.318 e. The Morgan fingerprint density at radius 2 is 1.72 bits per heavy atom. The number of carbonyl (C=O) groups excluding carboxylic acids is 3. The third kappa shape index (κ3) is 4.16. The lowest BCUT2D eigenvalue weighted by Gasteiger charge is -2.30. The maximum absolute atomic E-state index is 12.6. The van der Waals surface area contributed by atoms with Gasteiger partial charge in [-0.1, -0.05) is 23.8 Å². The van der Waals surface area contributed by atoms with E-state index in [9.17, 15) is 14.4 Å². The maximum Gasteiger partial charge on any atom is 0.314 e. The summed E-state index contributed by atoms with van der Waals surface area (Å²) in [5, 5.41) is 5.31. The van der Waals surface area contributed by atoms with Gasteiger partial charge in [-0.15, -0.1) is 0 Å². The Bertz CT molecular complexity index is 995. The number of rotatable bonds is 3. The number of nitrogens with one attached hydrogen (secondary N) is 2. The second-order valence-corrected chi connectivity index (χ2v) is 7.94. The van der Waals surface area contributed by atoms with Crippen LogP contribution >= 0.6 is 0 Å². The molecule has 2 N–H and O–H groups in total. The number of aryl methyl sites for hydroxylation is 3. The highest BCUT2D eigenvalue weighted by atomic mass is 16.2. The van der Waals surface area contributed by atoms with Gasteiger partial charge in [0, 0.05) is 29.5 Å². The van der Waals surface area contributed by atoms with Gasteiger partial charge in [0.05, 0.1) is 0 Å². The second-order valence-electron chi connectivity index (χ2n) is 7.94. The van der Waals surface area contributed by atoms with Gasteiger partial charge < -0.3 is 15.5 Å². The third-order valence-corrected chi connectivity index (χ3v) is 5.49. The van der Waals surface area contributed by atoms with Crippen molar-refractivity contribution in [2.24, 2.45) is 5.92 Å². The molecule has 0 unspecified atom stereocenters. The summed E-state index contributed by atoms with van der Waals surface area (Å²) in [7, 11) is 0. The van der Waals surface area contributed by atoms with Gasteiger partial charge in [0.2, 0.25) is 5.91 Å².